The van der Waals surface area contributed by atoms with E-state index in [-0.39, 0.29) is 0 Å². The lowest BCUT2D eigenvalue weighted by Crippen LogP contribution is -2.29. The van der Waals surface area contributed by atoms with Gasteiger partial charge in [-0.1, -0.05) is 31.2 Å². The smallest absolute Gasteiger partial charge is 0.0589 e. The first-order valence-corrected chi connectivity index (χ1v) is 7.35. The zero-order valence-corrected chi connectivity index (χ0v) is 12.2. The first kappa shape index (κ1) is 14.5. The highest BCUT2D eigenvalue weighted by molar-refractivity contribution is 5.27. The Hall–Kier alpha value is -0.900. The largest absolute Gasteiger partial charge is 0.383 e. The van der Waals surface area contributed by atoms with Gasteiger partial charge in [-0.3, -0.25) is 4.90 Å². The molecular weight excluding hydrogens is 236 g/mol. The zero-order valence-electron chi connectivity index (χ0n) is 12.2. The predicted molar refractivity (Wildman–Crippen MR) is 79.1 cm³/mol. The van der Waals surface area contributed by atoms with E-state index in [0.717, 1.165) is 38.8 Å². The van der Waals surface area contributed by atoms with E-state index in [1.165, 1.54) is 24.0 Å². The number of nitrogens with zero attached hydrogens (tertiary/aromatic N) is 1. The predicted octanol–water partition coefficient (Wildman–Crippen LogP) is 2.41. The Morgan fingerprint density at radius 1 is 1.26 bits per heavy atom. The molecule has 0 unspecified atom stereocenters. The summed E-state index contributed by atoms with van der Waals surface area (Å²) in [4.78, 5) is 2.56. The van der Waals surface area contributed by atoms with E-state index in [4.69, 9.17) is 4.74 Å². The fraction of sp³-hybridized carbons (Fsp3) is 0.625. The molecule has 1 aromatic rings. The molecule has 0 radical (unpaired) electrons. The molecule has 19 heavy (non-hydrogen) atoms. The van der Waals surface area contributed by atoms with Crippen molar-refractivity contribution in [1.29, 1.82) is 0 Å². The van der Waals surface area contributed by atoms with E-state index >= 15 is 0 Å². The van der Waals surface area contributed by atoms with Gasteiger partial charge in [0.1, 0.15) is 0 Å². The summed E-state index contributed by atoms with van der Waals surface area (Å²) >= 11 is 0. The van der Waals surface area contributed by atoms with E-state index in [1.54, 1.807) is 7.11 Å². The van der Waals surface area contributed by atoms with E-state index in [2.05, 4.69) is 41.4 Å². The summed E-state index contributed by atoms with van der Waals surface area (Å²) in [7, 11) is 1.78. The van der Waals surface area contributed by atoms with Crippen molar-refractivity contribution in [1.82, 2.24) is 10.2 Å². The summed E-state index contributed by atoms with van der Waals surface area (Å²) < 4.78 is 5.23. The molecule has 1 saturated carbocycles. The Morgan fingerprint density at radius 2 is 2.00 bits per heavy atom. The number of rotatable bonds is 9. The van der Waals surface area contributed by atoms with E-state index < -0.39 is 0 Å². The van der Waals surface area contributed by atoms with Gasteiger partial charge < -0.3 is 10.1 Å². The van der Waals surface area contributed by atoms with Gasteiger partial charge in [0.05, 0.1) is 6.61 Å². The summed E-state index contributed by atoms with van der Waals surface area (Å²) in [6.45, 7) is 7.05. The second kappa shape index (κ2) is 7.63. The van der Waals surface area contributed by atoms with Crippen LogP contribution in [0.1, 0.15) is 30.9 Å². The molecule has 0 aromatic heterocycles. The van der Waals surface area contributed by atoms with Crippen LogP contribution in [0.5, 0.6) is 0 Å². The van der Waals surface area contributed by atoms with Gasteiger partial charge in [0.15, 0.2) is 0 Å². The molecule has 0 aliphatic heterocycles. The van der Waals surface area contributed by atoms with Crippen LogP contribution in [0.3, 0.4) is 0 Å². The summed E-state index contributed by atoms with van der Waals surface area (Å²) in [5.74, 6) is 0. The molecular formula is C16H26N2O. The number of nitrogens with one attached hydrogen (secondary N) is 1. The van der Waals surface area contributed by atoms with Crippen molar-refractivity contribution in [3.05, 3.63) is 35.4 Å². The minimum atomic E-state index is 0.780. The molecule has 1 aliphatic carbocycles. The molecule has 0 heterocycles. The van der Waals surface area contributed by atoms with Crippen molar-refractivity contribution in [3.63, 3.8) is 0 Å². The highest BCUT2D eigenvalue weighted by Gasteiger charge is 2.28. The van der Waals surface area contributed by atoms with Gasteiger partial charge in [-0.15, -0.1) is 0 Å². The van der Waals surface area contributed by atoms with Gasteiger partial charge in [-0.25, -0.2) is 0 Å². The minimum absolute atomic E-state index is 0.780. The van der Waals surface area contributed by atoms with Crippen LogP contribution in [0.4, 0.5) is 0 Å². The van der Waals surface area contributed by atoms with Gasteiger partial charge in [-0.2, -0.15) is 0 Å². The lowest BCUT2D eigenvalue weighted by Gasteiger charge is -2.23. The molecule has 1 N–H and O–H groups in total. The van der Waals surface area contributed by atoms with Crippen molar-refractivity contribution in [2.75, 3.05) is 26.8 Å². The van der Waals surface area contributed by atoms with Gasteiger partial charge in [0.2, 0.25) is 0 Å². The average Bonchev–Trinajstić information content (AvgIpc) is 3.26. The van der Waals surface area contributed by atoms with Gasteiger partial charge in [0, 0.05) is 32.8 Å². The first-order chi connectivity index (χ1) is 9.35. The molecule has 3 nitrogen and oxygen atoms in total. The van der Waals surface area contributed by atoms with Gasteiger partial charge >= 0.3 is 0 Å². The minimum Gasteiger partial charge on any atom is -0.383 e. The van der Waals surface area contributed by atoms with Crippen molar-refractivity contribution in [2.45, 2.75) is 38.9 Å². The van der Waals surface area contributed by atoms with E-state index in [9.17, 15) is 0 Å². The monoisotopic (exact) mass is 262 g/mol. The van der Waals surface area contributed by atoms with Crippen LogP contribution in [0.25, 0.3) is 0 Å². The van der Waals surface area contributed by atoms with E-state index in [1.807, 2.05) is 0 Å². The van der Waals surface area contributed by atoms with Crippen LogP contribution in [-0.4, -0.2) is 37.7 Å². The zero-order chi connectivity index (χ0) is 13.5. The van der Waals surface area contributed by atoms with Crippen LogP contribution < -0.4 is 5.32 Å². The maximum atomic E-state index is 5.23. The molecule has 1 fully saturated rings. The quantitative estimate of drug-likeness (QED) is 0.739. The molecule has 0 spiro atoms. The molecule has 1 aromatic carbocycles. The van der Waals surface area contributed by atoms with Crippen LogP contribution in [-0.2, 0) is 17.8 Å². The Labute approximate surface area is 116 Å². The van der Waals surface area contributed by atoms with E-state index in [0.29, 0.717) is 0 Å². The normalized spacial score (nSPS) is 15.1. The van der Waals surface area contributed by atoms with Gasteiger partial charge in [-0.05, 0) is 30.5 Å². The maximum absolute atomic E-state index is 5.23. The summed E-state index contributed by atoms with van der Waals surface area (Å²) in [5, 5.41) is 3.42. The van der Waals surface area contributed by atoms with Crippen molar-refractivity contribution >= 4 is 0 Å². The van der Waals surface area contributed by atoms with Crippen molar-refractivity contribution in [2.24, 2.45) is 0 Å². The van der Waals surface area contributed by atoms with Crippen molar-refractivity contribution in [3.8, 4) is 0 Å². The molecule has 0 atom stereocenters. The molecule has 3 heteroatoms. The Morgan fingerprint density at radius 3 is 2.63 bits per heavy atom. The number of ether oxygens (including phenoxy) is 1. The Balaban J connectivity index is 1.98. The highest BCUT2D eigenvalue weighted by Crippen LogP contribution is 2.28. The number of hydrogen-bond acceptors (Lipinski definition) is 3. The van der Waals surface area contributed by atoms with Crippen LogP contribution in [0.2, 0.25) is 0 Å². The summed E-state index contributed by atoms with van der Waals surface area (Å²) in [5.41, 5.74) is 2.87. The topological polar surface area (TPSA) is 24.5 Å². The third-order valence-electron chi connectivity index (χ3n) is 3.70. The number of benzene rings is 1. The third-order valence-corrected chi connectivity index (χ3v) is 3.70. The van der Waals surface area contributed by atoms with Crippen LogP contribution in [0, 0.1) is 0 Å². The number of hydrogen-bond donors (Lipinski definition) is 1. The van der Waals surface area contributed by atoms with Crippen LogP contribution >= 0.6 is 0 Å². The molecule has 0 saturated heterocycles. The standard InChI is InChI=1S/C16H26N2O/c1-3-17-12-14-6-4-5-7-15(14)13-18(10-11-19-2)16-8-9-16/h4-7,16-17H,3,8-13H2,1-2H3. The Bertz CT molecular complexity index is 377. The molecule has 0 amide bonds. The molecule has 0 bridgehead atoms. The molecule has 2 rings (SSSR count). The average molecular weight is 262 g/mol. The molecule has 106 valence electrons. The van der Waals surface area contributed by atoms with Crippen molar-refractivity contribution < 1.29 is 4.74 Å². The third kappa shape index (κ3) is 4.60. The SMILES string of the molecule is CCNCc1ccccc1CN(CCOC)C1CC1. The second-order valence-corrected chi connectivity index (χ2v) is 5.24. The van der Waals surface area contributed by atoms with Gasteiger partial charge in [0.25, 0.3) is 0 Å². The lowest BCUT2D eigenvalue weighted by atomic mass is 10.1. The lowest BCUT2D eigenvalue weighted by molar-refractivity contribution is 0.139. The Kier molecular flexibility index (Phi) is 5.83. The first-order valence-electron chi connectivity index (χ1n) is 7.35. The maximum Gasteiger partial charge on any atom is 0.0589 e. The summed E-state index contributed by atoms with van der Waals surface area (Å²) in [6.07, 6.45) is 2.69. The highest BCUT2D eigenvalue weighted by atomic mass is 16.5. The second-order valence-electron chi connectivity index (χ2n) is 5.24. The fourth-order valence-electron chi connectivity index (χ4n) is 2.40. The summed E-state index contributed by atoms with van der Waals surface area (Å²) in [6, 6.07) is 9.55. The molecule has 1 aliphatic rings. The fourth-order valence-corrected chi connectivity index (χ4v) is 2.40. The number of methoxy groups -OCH3 is 1. The van der Waals surface area contributed by atoms with Crippen LogP contribution in [0.15, 0.2) is 24.3 Å².